The molecule has 1 N–H and O–H groups in total. The van der Waals surface area contributed by atoms with Crippen molar-refractivity contribution in [1.29, 1.82) is 0 Å². The van der Waals surface area contributed by atoms with Gasteiger partial charge in [-0.2, -0.15) is 0 Å². The number of rotatable bonds is 8. The van der Waals surface area contributed by atoms with Crippen LogP contribution in [-0.2, 0) is 6.42 Å². The Morgan fingerprint density at radius 3 is 2.59 bits per heavy atom. The van der Waals surface area contributed by atoms with Gasteiger partial charge in [0.15, 0.2) is 5.82 Å². The van der Waals surface area contributed by atoms with Gasteiger partial charge in [-0.25, -0.2) is 4.79 Å². The van der Waals surface area contributed by atoms with Gasteiger partial charge in [-0.05, 0) is 18.8 Å². The highest BCUT2D eigenvalue weighted by Crippen LogP contribution is 2.17. The molecule has 1 heterocycles. The number of anilines is 1. The molecule has 126 valence electrons. The molecular formula is C17H31N3O2. The molecule has 1 aromatic rings. The van der Waals surface area contributed by atoms with Crippen LogP contribution in [0.15, 0.2) is 10.6 Å². The van der Waals surface area contributed by atoms with E-state index in [4.69, 9.17) is 4.52 Å². The maximum absolute atomic E-state index is 12.3. The zero-order valence-corrected chi connectivity index (χ0v) is 14.7. The fourth-order valence-electron chi connectivity index (χ4n) is 2.30. The second kappa shape index (κ2) is 8.81. The van der Waals surface area contributed by atoms with E-state index in [2.05, 4.69) is 38.2 Å². The summed E-state index contributed by atoms with van der Waals surface area (Å²) in [5.74, 6) is 1.34. The Balaban J connectivity index is 2.48. The van der Waals surface area contributed by atoms with E-state index in [1.165, 1.54) is 19.3 Å². The highest BCUT2D eigenvalue weighted by molar-refractivity contribution is 5.88. The van der Waals surface area contributed by atoms with Crippen molar-refractivity contribution in [2.24, 2.45) is 5.41 Å². The highest BCUT2D eigenvalue weighted by atomic mass is 16.5. The van der Waals surface area contributed by atoms with Gasteiger partial charge in [0.25, 0.3) is 0 Å². The van der Waals surface area contributed by atoms with Gasteiger partial charge in [-0.15, -0.1) is 0 Å². The zero-order chi connectivity index (χ0) is 16.6. The first-order valence-corrected chi connectivity index (χ1v) is 8.37. The number of aromatic nitrogens is 1. The second-order valence-electron chi connectivity index (χ2n) is 6.99. The number of urea groups is 1. The van der Waals surface area contributed by atoms with Gasteiger partial charge in [0.2, 0.25) is 0 Å². The summed E-state index contributed by atoms with van der Waals surface area (Å²) in [6.07, 6.45) is 5.65. The molecule has 5 heteroatoms. The first-order chi connectivity index (χ1) is 10.4. The van der Waals surface area contributed by atoms with Gasteiger partial charge >= 0.3 is 6.03 Å². The Kier molecular flexibility index (Phi) is 7.42. The van der Waals surface area contributed by atoms with E-state index in [-0.39, 0.29) is 11.4 Å². The van der Waals surface area contributed by atoms with Crippen LogP contribution in [0, 0.1) is 5.41 Å². The van der Waals surface area contributed by atoms with Crippen LogP contribution in [0.25, 0.3) is 0 Å². The minimum Gasteiger partial charge on any atom is -0.359 e. The van der Waals surface area contributed by atoms with Gasteiger partial charge in [0.1, 0.15) is 5.76 Å². The molecule has 0 aliphatic rings. The van der Waals surface area contributed by atoms with E-state index in [1.54, 1.807) is 4.90 Å². The lowest BCUT2D eigenvalue weighted by Gasteiger charge is -2.28. The van der Waals surface area contributed by atoms with Crippen LogP contribution in [0.1, 0.15) is 66.1 Å². The lowest BCUT2D eigenvalue weighted by molar-refractivity contribution is 0.189. The summed E-state index contributed by atoms with van der Waals surface area (Å²) < 4.78 is 5.28. The van der Waals surface area contributed by atoms with E-state index in [0.717, 1.165) is 18.6 Å². The molecule has 0 unspecified atom stereocenters. The Hall–Kier alpha value is -1.52. The molecule has 0 aliphatic heterocycles. The van der Waals surface area contributed by atoms with Crippen LogP contribution in [0.5, 0.6) is 0 Å². The van der Waals surface area contributed by atoms with Crippen molar-refractivity contribution in [3.05, 3.63) is 11.8 Å². The van der Waals surface area contributed by atoms with E-state index < -0.39 is 0 Å². The number of hydrogen-bond acceptors (Lipinski definition) is 3. The minimum absolute atomic E-state index is 0.0710. The SMILES string of the molecule is CCCCCCc1cc(NC(=O)N(CC)CC(C)(C)C)no1. The van der Waals surface area contributed by atoms with Crippen LogP contribution in [0.3, 0.4) is 0 Å². The summed E-state index contributed by atoms with van der Waals surface area (Å²) in [4.78, 5) is 14.1. The monoisotopic (exact) mass is 309 g/mol. The van der Waals surface area contributed by atoms with E-state index in [9.17, 15) is 4.79 Å². The van der Waals surface area contributed by atoms with Crippen LogP contribution < -0.4 is 5.32 Å². The normalized spacial score (nSPS) is 11.5. The van der Waals surface area contributed by atoms with Crippen molar-refractivity contribution in [2.45, 2.75) is 66.7 Å². The third kappa shape index (κ3) is 6.96. The maximum Gasteiger partial charge on any atom is 0.323 e. The predicted molar refractivity (Wildman–Crippen MR) is 90.1 cm³/mol. The van der Waals surface area contributed by atoms with Crippen LogP contribution in [0.4, 0.5) is 10.6 Å². The highest BCUT2D eigenvalue weighted by Gasteiger charge is 2.20. The average molecular weight is 309 g/mol. The van der Waals surface area contributed by atoms with Gasteiger partial charge in [0.05, 0.1) is 0 Å². The molecule has 1 rings (SSSR count). The number of aryl methyl sites for hydroxylation is 1. The van der Waals surface area contributed by atoms with Crippen molar-refractivity contribution in [1.82, 2.24) is 10.1 Å². The summed E-state index contributed by atoms with van der Waals surface area (Å²) in [6, 6.07) is 1.71. The van der Waals surface area contributed by atoms with Crippen LogP contribution in [0.2, 0.25) is 0 Å². The molecule has 0 bridgehead atoms. The predicted octanol–water partition coefficient (Wildman–Crippen LogP) is 4.70. The summed E-state index contributed by atoms with van der Waals surface area (Å²) in [5, 5.41) is 6.75. The fourth-order valence-corrected chi connectivity index (χ4v) is 2.30. The van der Waals surface area contributed by atoms with Crippen molar-refractivity contribution in [3.63, 3.8) is 0 Å². The molecule has 22 heavy (non-hydrogen) atoms. The van der Waals surface area contributed by atoms with E-state index in [0.29, 0.717) is 18.9 Å². The Labute approximate surface area is 134 Å². The van der Waals surface area contributed by atoms with Crippen LogP contribution >= 0.6 is 0 Å². The number of amides is 2. The van der Waals surface area contributed by atoms with Gasteiger partial charge in [-0.3, -0.25) is 5.32 Å². The number of nitrogens with zero attached hydrogens (tertiary/aromatic N) is 2. The molecule has 0 aromatic carbocycles. The molecule has 0 radical (unpaired) electrons. The molecule has 1 aromatic heterocycles. The Morgan fingerprint density at radius 1 is 1.27 bits per heavy atom. The number of carbonyl (C=O) groups is 1. The summed E-state index contributed by atoms with van der Waals surface area (Å²) in [5.41, 5.74) is 0.0710. The minimum atomic E-state index is -0.122. The van der Waals surface area contributed by atoms with Crippen LogP contribution in [-0.4, -0.2) is 29.2 Å². The van der Waals surface area contributed by atoms with Gasteiger partial charge in [0, 0.05) is 25.6 Å². The van der Waals surface area contributed by atoms with E-state index in [1.807, 2.05) is 13.0 Å². The quantitative estimate of drug-likeness (QED) is 0.708. The smallest absolute Gasteiger partial charge is 0.323 e. The molecule has 0 spiro atoms. The lowest BCUT2D eigenvalue weighted by atomic mass is 9.96. The van der Waals surface area contributed by atoms with Crippen molar-refractivity contribution in [2.75, 3.05) is 18.4 Å². The summed E-state index contributed by atoms with van der Waals surface area (Å²) >= 11 is 0. The molecule has 0 saturated carbocycles. The third-order valence-corrected chi connectivity index (χ3v) is 3.40. The molecule has 2 amide bonds. The topological polar surface area (TPSA) is 58.4 Å². The van der Waals surface area contributed by atoms with Gasteiger partial charge < -0.3 is 9.42 Å². The number of carbonyl (C=O) groups excluding carboxylic acids is 1. The number of unbranched alkanes of at least 4 members (excludes halogenated alkanes) is 3. The number of hydrogen-bond donors (Lipinski definition) is 1. The summed E-state index contributed by atoms with van der Waals surface area (Å²) in [6.45, 7) is 11.9. The average Bonchev–Trinajstić information content (AvgIpc) is 2.87. The molecule has 0 fully saturated rings. The van der Waals surface area contributed by atoms with Crippen molar-refractivity contribution < 1.29 is 9.32 Å². The van der Waals surface area contributed by atoms with Crippen molar-refractivity contribution in [3.8, 4) is 0 Å². The molecule has 0 atom stereocenters. The standard InChI is InChI=1S/C17H31N3O2/c1-6-8-9-10-11-14-12-15(19-22-14)18-16(21)20(7-2)13-17(3,4)5/h12H,6-11,13H2,1-5H3,(H,18,19,21). The number of nitrogens with one attached hydrogen (secondary N) is 1. The van der Waals surface area contributed by atoms with E-state index >= 15 is 0 Å². The zero-order valence-electron chi connectivity index (χ0n) is 14.7. The second-order valence-corrected chi connectivity index (χ2v) is 6.99. The summed E-state index contributed by atoms with van der Waals surface area (Å²) in [7, 11) is 0. The molecular weight excluding hydrogens is 278 g/mol. The Bertz CT molecular complexity index is 449. The first-order valence-electron chi connectivity index (χ1n) is 8.37. The van der Waals surface area contributed by atoms with Gasteiger partial charge in [-0.1, -0.05) is 52.1 Å². The third-order valence-electron chi connectivity index (χ3n) is 3.40. The fraction of sp³-hybridized carbons (Fsp3) is 0.765. The molecule has 5 nitrogen and oxygen atoms in total. The first kappa shape index (κ1) is 18.5. The molecule has 0 saturated heterocycles. The largest absolute Gasteiger partial charge is 0.359 e. The Morgan fingerprint density at radius 2 is 2.00 bits per heavy atom. The molecule has 0 aliphatic carbocycles. The van der Waals surface area contributed by atoms with Crippen molar-refractivity contribution >= 4 is 11.8 Å². The maximum atomic E-state index is 12.3. The lowest BCUT2D eigenvalue weighted by Crippen LogP contribution is -2.40.